The molecule has 0 aromatic heterocycles. The van der Waals surface area contributed by atoms with Gasteiger partial charge in [-0.05, 0) is 60.0 Å². The van der Waals surface area contributed by atoms with Crippen LogP contribution in [0.25, 0.3) is 0 Å². The van der Waals surface area contributed by atoms with Gasteiger partial charge in [0.1, 0.15) is 0 Å². The van der Waals surface area contributed by atoms with Gasteiger partial charge in [0.2, 0.25) is 0 Å². The molecule has 0 spiro atoms. The number of hydrogen-bond acceptors (Lipinski definition) is 2. The summed E-state index contributed by atoms with van der Waals surface area (Å²) in [6.07, 6.45) is -3.36. The van der Waals surface area contributed by atoms with Gasteiger partial charge in [-0.3, -0.25) is 4.79 Å². The van der Waals surface area contributed by atoms with E-state index in [1.54, 1.807) is 12.1 Å². The number of alkyl halides is 3. The third-order valence-corrected chi connectivity index (χ3v) is 5.04. The summed E-state index contributed by atoms with van der Waals surface area (Å²) in [5.74, 6) is -0.358. The van der Waals surface area contributed by atoms with Crippen molar-refractivity contribution >= 4 is 17.3 Å². The van der Waals surface area contributed by atoms with E-state index in [1.807, 2.05) is 24.3 Å². The van der Waals surface area contributed by atoms with Crippen molar-refractivity contribution in [1.82, 2.24) is 0 Å². The van der Waals surface area contributed by atoms with E-state index < -0.39 is 11.7 Å². The van der Waals surface area contributed by atoms with Crippen LogP contribution in [-0.4, -0.2) is 12.5 Å². The molecule has 6 heteroatoms. The zero-order chi connectivity index (χ0) is 20.4. The van der Waals surface area contributed by atoms with Crippen LogP contribution in [0.2, 0.25) is 0 Å². The highest BCUT2D eigenvalue weighted by Gasteiger charge is 2.30. The van der Waals surface area contributed by atoms with Crippen LogP contribution in [0.5, 0.6) is 0 Å². The summed E-state index contributed by atoms with van der Waals surface area (Å²) in [6, 6.07) is 20.0. The van der Waals surface area contributed by atoms with Gasteiger partial charge in [-0.25, -0.2) is 0 Å². The minimum atomic E-state index is -4.39. The molecule has 1 aliphatic heterocycles. The van der Waals surface area contributed by atoms with E-state index in [4.69, 9.17) is 0 Å². The van der Waals surface area contributed by atoms with Crippen LogP contribution in [-0.2, 0) is 19.1 Å². The monoisotopic (exact) mass is 396 g/mol. The molecular formula is C23H19F3N2O. The summed E-state index contributed by atoms with van der Waals surface area (Å²) < 4.78 is 37.9. The summed E-state index contributed by atoms with van der Waals surface area (Å²) in [5, 5.41) is 2.63. The topological polar surface area (TPSA) is 32.3 Å². The Morgan fingerprint density at radius 1 is 0.931 bits per heavy atom. The summed E-state index contributed by atoms with van der Waals surface area (Å²) in [4.78, 5) is 14.7. The fourth-order valence-electron chi connectivity index (χ4n) is 3.50. The summed E-state index contributed by atoms with van der Waals surface area (Å²) in [7, 11) is 0. The molecule has 1 heterocycles. The van der Waals surface area contributed by atoms with Crippen LogP contribution in [0.1, 0.15) is 27.0 Å². The number of amides is 1. The number of nitrogens with one attached hydrogen (secondary N) is 1. The quantitative estimate of drug-likeness (QED) is 0.630. The number of anilines is 2. The fourth-order valence-corrected chi connectivity index (χ4v) is 3.50. The average Bonchev–Trinajstić information content (AvgIpc) is 3.11. The molecule has 3 aromatic carbocycles. The third-order valence-electron chi connectivity index (χ3n) is 5.04. The second-order valence-electron chi connectivity index (χ2n) is 7.03. The van der Waals surface area contributed by atoms with Gasteiger partial charge in [-0.15, -0.1) is 0 Å². The Morgan fingerprint density at radius 2 is 1.62 bits per heavy atom. The van der Waals surface area contributed by atoms with Crippen molar-refractivity contribution in [1.29, 1.82) is 0 Å². The van der Waals surface area contributed by atoms with Gasteiger partial charge < -0.3 is 10.2 Å². The average molecular weight is 396 g/mol. The van der Waals surface area contributed by atoms with Crippen LogP contribution in [0.15, 0.2) is 72.8 Å². The lowest BCUT2D eigenvalue weighted by Crippen LogP contribution is -2.19. The first-order valence-electron chi connectivity index (χ1n) is 9.30. The molecule has 0 unspecified atom stereocenters. The van der Waals surface area contributed by atoms with Gasteiger partial charge in [0.25, 0.3) is 5.91 Å². The van der Waals surface area contributed by atoms with E-state index in [9.17, 15) is 18.0 Å². The number of rotatable bonds is 4. The number of halogens is 3. The molecule has 0 saturated heterocycles. The number of para-hydroxylation sites is 1. The van der Waals surface area contributed by atoms with Crippen molar-refractivity contribution in [3.63, 3.8) is 0 Å². The predicted octanol–water partition coefficient (Wildman–Crippen LogP) is 5.52. The largest absolute Gasteiger partial charge is 0.416 e. The lowest BCUT2D eigenvalue weighted by molar-refractivity contribution is -0.137. The molecule has 1 N–H and O–H groups in total. The maximum absolute atomic E-state index is 12.6. The van der Waals surface area contributed by atoms with Crippen LogP contribution in [0.4, 0.5) is 24.5 Å². The van der Waals surface area contributed by atoms with Gasteiger partial charge in [-0.2, -0.15) is 13.2 Å². The number of hydrogen-bond donors (Lipinski definition) is 1. The van der Waals surface area contributed by atoms with E-state index in [1.165, 1.54) is 23.4 Å². The maximum atomic E-state index is 12.6. The first kappa shape index (κ1) is 19.1. The molecular weight excluding hydrogens is 377 g/mol. The number of fused-ring (bicyclic) bond motifs is 1. The fraction of sp³-hybridized carbons (Fsp3) is 0.174. The Hall–Kier alpha value is -3.28. The normalized spacial score (nSPS) is 13.3. The van der Waals surface area contributed by atoms with Crippen molar-refractivity contribution in [2.24, 2.45) is 0 Å². The second-order valence-corrected chi connectivity index (χ2v) is 7.03. The molecule has 0 atom stereocenters. The molecule has 1 aliphatic rings. The van der Waals surface area contributed by atoms with Crippen molar-refractivity contribution < 1.29 is 18.0 Å². The maximum Gasteiger partial charge on any atom is 0.416 e. The molecule has 0 fully saturated rings. The molecule has 0 bridgehead atoms. The van der Waals surface area contributed by atoms with Crippen LogP contribution < -0.4 is 10.2 Å². The van der Waals surface area contributed by atoms with E-state index in [0.717, 1.165) is 37.2 Å². The smallest absolute Gasteiger partial charge is 0.367 e. The van der Waals surface area contributed by atoms with Crippen molar-refractivity contribution in [3.8, 4) is 0 Å². The molecule has 29 heavy (non-hydrogen) atoms. The van der Waals surface area contributed by atoms with E-state index >= 15 is 0 Å². The highest BCUT2D eigenvalue weighted by molar-refractivity contribution is 6.04. The highest BCUT2D eigenvalue weighted by Crippen LogP contribution is 2.30. The van der Waals surface area contributed by atoms with Gasteiger partial charge in [-0.1, -0.05) is 30.3 Å². The molecule has 3 aromatic rings. The molecule has 0 aliphatic carbocycles. The van der Waals surface area contributed by atoms with Crippen LogP contribution in [0, 0.1) is 0 Å². The van der Waals surface area contributed by atoms with Gasteiger partial charge in [0.05, 0.1) is 5.56 Å². The minimum absolute atomic E-state index is 0.320. The molecule has 0 radical (unpaired) electrons. The molecule has 0 saturated carbocycles. The van der Waals surface area contributed by atoms with Crippen LogP contribution >= 0.6 is 0 Å². The summed E-state index contributed by atoms with van der Waals surface area (Å²) in [6.45, 7) is 1.73. The predicted molar refractivity (Wildman–Crippen MR) is 107 cm³/mol. The van der Waals surface area contributed by atoms with Gasteiger partial charge >= 0.3 is 6.18 Å². The number of nitrogens with zero attached hydrogens (tertiary/aromatic N) is 1. The first-order valence-corrected chi connectivity index (χ1v) is 9.30. The van der Waals surface area contributed by atoms with Crippen molar-refractivity contribution in [2.45, 2.75) is 19.1 Å². The number of carbonyl (C=O) groups is 1. The Morgan fingerprint density at radius 3 is 2.31 bits per heavy atom. The Balaban J connectivity index is 1.39. The van der Waals surface area contributed by atoms with E-state index in [0.29, 0.717) is 11.3 Å². The lowest BCUT2D eigenvalue weighted by atomic mass is 10.1. The van der Waals surface area contributed by atoms with Crippen LogP contribution in [0.3, 0.4) is 0 Å². The van der Waals surface area contributed by atoms with Gasteiger partial charge in [0, 0.05) is 30.0 Å². The lowest BCUT2D eigenvalue weighted by Gasteiger charge is -2.19. The number of carbonyl (C=O) groups excluding carboxylic acids is 1. The van der Waals surface area contributed by atoms with Crippen molar-refractivity contribution in [3.05, 3.63) is 95.1 Å². The van der Waals surface area contributed by atoms with Gasteiger partial charge in [0.15, 0.2) is 0 Å². The molecule has 4 rings (SSSR count). The Bertz CT molecular complexity index is 1010. The number of benzene rings is 3. The Labute approximate surface area is 166 Å². The van der Waals surface area contributed by atoms with E-state index in [2.05, 4.69) is 22.3 Å². The summed E-state index contributed by atoms with van der Waals surface area (Å²) >= 11 is 0. The second kappa shape index (κ2) is 7.62. The highest BCUT2D eigenvalue weighted by atomic mass is 19.4. The zero-order valence-electron chi connectivity index (χ0n) is 15.5. The SMILES string of the molecule is O=C(Nc1ccc(C(F)(F)F)cc1)c1ccc(CN2CCc3ccccc32)cc1. The summed E-state index contributed by atoms with van der Waals surface area (Å²) in [5.41, 5.74) is 3.71. The van der Waals surface area contributed by atoms with E-state index in [-0.39, 0.29) is 5.91 Å². The molecule has 3 nitrogen and oxygen atoms in total. The molecule has 148 valence electrons. The Kier molecular flexibility index (Phi) is 5.01. The third kappa shape index (κ3) is 4.26. The zero-order valence-corrected chi connectivity index (χ0v) is 15.5. The first-order chi connectivity index (χ1) is 13.9. The minimum Gasteiger partial charge on any atom is -0.367 e. The van der Waals surface area contributed by atoms with Crippen molar-refractivity contribution in [2.75, 3.05) is 16.8 Å². The standard InChI is InChI=1S/C23H19F3N2O/c24-23(25,26)19-9-11-20(12-10-19)27-22(29)18-7-5-16(6-8-18)15-28-14-13-17-3-1-2-4-21(17)28/h1-12H,13-15H2,(H,27,29). The molecule has 1 amide bonds.